The van der Waals surface area contributed by atoms with Crippen molar-refractivity contribution in [1.82, 2.24) is 4.90 Å². The van der Waals surface area contributed by atoms with Crippen LogP contribution in [-0.4, -0.2) is 49.7 Å². The average molecular weight is 456 g/mol. The van der Waals surface area contributed by atoms with Gasteiger partial charge in [0.1, 0.15) is 6.61 Å². The fraction of sp³-hybridized carbons (Fsp3) is 0.286. The minimum Gasteiger partial charge on any atom is -0.447 e. The van der Waals surface area contributed by atoms with E-state index in [1.165, 1.54) is 16.8 Å². The Balaban J connectivity index is 1.26. The lowest BCUT2D eigenvalue weighted by molar-refractivity contribution is 0.0747. The van der Waals surface area contributed by atoms with Gasteiger partial charge in [0.15, 0.2) is 0 Å². The zero-order valence-corrected chi connectivity index (χ0v) is 19.6. The Morgan fingerprint density at radius 2 is 1.59 bits per heavy atom. The summed E-state index contributed by atoms with van der Waals surface area (Å²) in [7, 11) is 0. The molecule has 1 unspecified atom stereocenters. The summed E-state index contributed by atoms with van der Waals surface area (Å²) in [5, 5.41) is 0. The molecule has 1 atom stereocenters. The van der Waals surface area contributed by atoms with Crippen LogP contribution >= 0.6 is 0 Å². The number of carbonyl (C=O) groups is 2. The van der Waals surface area contributed by atoms with Crippen LogP contribution < -0.4 is 9.80 Å². The molecule has 2 heterocycles. The van der Waals surface area contributed by atoms with Crippen molar-refractivity contribution in [3.63, 3.8) is 0 Å². The molecule has 6 heteroatoms. The van der Waals surface area contributed by atoms with Crippen LogP contribution in [0.1, 0.15) is 33.1 Å². The molecule has 0 N–H and O–H groups in total. The summed E-state index contributed by atoms with van der Waals surface area (Å²) in [6.45, 7) is 7.55. The van der Waals surface area contributed by atoms with Crippen LogP contribution in [0.5, 0.6) is 0 Å². The molecular formula is C28H29N3O3. The standard InChI is InChI=1S/C28H29N3O3/c1-20-8-13-25(21(2)18-20)29-14-16-30(17-15-29)27(32)23-9-11-24(12-10-23)31-26(19-34-28(31)33)22-6-4-3-5-7-22/h3-13,18,26H,14-17,19H2,1-2H3. The Kier molecular flexibility index (Phi) is 5.97. The predicted molar refractivity (Wildman–Crippen MR) is 133 cm³/mol. The molecule has 0 aromatic heterocycles. The number of hydrogen-bond donors (Lipinski definition) is 0. The molecule has 5 rings (SSSR count). The van der Waals surface area contributed by atoms with Gasteiger partial charge in [0, 0.05) is 43.1 Å². The topological polar surface area (TPSA) is 53.1 Å². The molecule has 174 valence electrons. The highest BCUT2D eigenvalue weighted by Crippen LogP contribution is 2.33. The Hall–Kier alpha value is -3.80. The molecule has 0 aliphatic carbocycles. The maximum atomic E-state index is 13.1. The highest BCUT2D eigenvalue weighted by molar-refractivity contribution is 5.96. The first-order valence-corrected chi connectivity index (χ1v) is 11.7. The number of benzene rings is 3. The van der Waals surface area contributed by atoms with E-state index in [-0.39, 0.29) is 18.0 Å². The third-order valence-electron chi connectivity index (χ3n) is 6.71. The fourth-order valence-corrected chi connectivity index (χ4v) is 4.89. The second-order valence-electron chi connectivity index (χ2n) is 8.99. The van der Waals surface area contributed by atoms with Gasteiger partial charge >= 0.3 is 6.09 Å². The maximum absolute atomic E-state index is 13.1. The number of carbonyl (C=O) groups excluding carboxylic acids is 2. The van der Waals surface area contributed by atoms with Gasteiger partial charge in [-0.3, -0.25) is 9.69 Å². The number of amides is 2. The van der Waals surface area contributed by atoms with E-state index in [1.54, 1.807) is 4.90 Å². The molecule has 2 aliphatic rings. The largest absolute Gasteiger partial charge is 0.447 e. The molecule has 34 heavy (non-hydrogen) atoms. The number of piperazine rings is 1. The van der Waals surface area contributed by atoms with E-state index in [4.69, 9.17) is 4.74 Å². The van der Waals surface area contributed by atoms with Crippen molar-refractivity contribution in [3.8, 4) is 0 Å². The van der Waals surface area contributed by atoms with Gasteiger partial charge in [0.05, 0.1) is 6.04 Å². The molecule has 2 saturated heterocycles. The molecule has 0 saturated carbocycles. The summed E-state index contributed by atoms with van der Waals surface area (Å²) in [6.07, 6.45) is -0.365. The zero-order valence-electron chi connectivity index (χ0n) is 19.6. The average Bonchev–Trinajstić information content (AvgIpc) is 3.26. The van der Waals surface area contributed by atoms with Crippen LogP contribution in [0.2, 0.25) is 0 Å². The van der Waals surface area contributed by atoms with Crippen LogP contribution in [0.15, 0.2) is 72.8 Å². The summed E-state index contributed by atoms with van der Waals surface area (Å²) in [6, 6.07) is 23.5. The van der Waals surface area contributed by atoms with E-state index in [0.717, 1.165) is 24.3 Å². The lowest BCUT2D eigenvalue weighted by Gasteiger charge is -2.37. The molecular weight excluding hydrogens is 426 g/mol. The molecule has 3 aromatic rings. The van der Waals surface area contributed by atoms with Crippen LogP contribution in [0.4, 0.5) is 16.2 Å². The SMILES string of the molecule is Cc1ccc(N2CCN(C(=O)c3ccc(N4C(=O)OCC4c4ccccc4)cc3)CC2)c(C)c1. The number of cyclic esters (lactones) is 1. The van der Waals surface area contributed by atoms with Crippen molar-refractivity contribution in [1.29, 1.82) is 0 Å². The first-order valence-electron chi connectivity index (χ1n) is 11.7. The molecule has 2 aliphatic heterocycles. The van der Waals surface area contributed by atoms with E-state index in [2.05, 4.69) is 36.9 Å². The van der Waals surface area contributed by atoms with Crippen molar-refractivity contribution in [2.45, 2.75) is 19.9 Å². The molecule has 0 spiro atoms. The molecule has 0 bridgehead atoms. The third kappa shape index (κ3) is 4.23. The smallest absolute Gasteiger partial charge is 0.415 e. The number of ether oxygens (including phenoxy) is 1. The van der Waals surface area contributed by atoms with Crippen molar-refractivity contribution < 1.29 is 14.3 Å². The number of nitrogens with zero attached hydrogens (tertiary/aromatic N) is 3. The number of anilines is 2. The first-order chi connectivity index (χ1) is 16.5. The monoisotopic (exact) mass is 455 g/mol. The molecule has 3 aromatic carbocycles. The minimum atomic E-state index is -0.365. The maximum Gasteiger partial charge on any atom is 0.415 e. The first kappa shape index (κ1) is 22.0. The van der Waals surface area contributed by atoms with Gasteiger partial charge in [-0.05, 0) is 55.3 Å². The lowest BCUT2D eigenvalue weighted by Crippen LogP contribution is -2.49. The van der Waals surface area contributed by atoms with Gasteiger partial charge in [-0.25, -0.2) is 4.79 Å². The predicted octanol–water partition coefficient (Wildman–Crippen LogP) is 4.96. The summed E-state index contributed by atoms with van der Waals surface area (Å²) in [5.74, 6) is 0.0236. The van der Waals surface area contributed by atoms with Crippen LogP contribution in [0.3, 0.4) is 0 Å². The van der Waals surface area contributed by atoms with E-state index < -0.39 is 0 Å². The minimum absolute atomic E-state index is 0.0236. The second-order valence-corrected chi connectivity index (χ2v) is 8.99. The van der Waals surface area contributed by atoms with Crippen LogP contribution in [0.25, 0.3) is 0 Å². The van der Waals surface area contributed by atoms with Crippen LogP contribution in [0, 0.1) is 13.8 Å². The van der Waals surface area contributed by atoms with Gasteiger partial charge in [-0.1, -0.05) is 48.0 Å². The molecule has 2 fully saturated rings. The van der Waals surface area contributed by atoms with Gasteiger partial charge < -0.3 is 14.5 Å². The normalized spacial score (nSPS) is 18.2. The Morgan fingerprint density at radius 1 is 0.882 bits per heavy atom. The summed E-state index contributed by atoms with van der Waals surface area (Å²) >= 11 is 0. The highest BCUT2D eigenvalue weighted by atomic mass is 16.6. The van der Waals surface area contributed by atoms with E-state index >= 15 is 0 Å². The van der Waals surface area contributed by atoms with E-state index in [1.807, 2.05) is 59.5 Å². The molecule has 2 amide bonds. The quantitative estimate of drug-likeness (QED) is 0.558. The fourth-order valence-electron chi connectivity index (χ4n) is 4.89. The number of rotatable bonds is 4. The number of aryl methyl sites for hydroxylation is 2. The molecule has 6 nitrogen and oxygen atoms in total. The Bertz CT molecular complexity index is 1190. The van der Waals surface area contributed by atoms with Gasteiger partial charge in [0.2, 0.25) is 0 Å². The molecule has 0 radical (unpaired) electrons. The van der Waals surface area contributed by atoms with Crippen LogP contribution in [-0.2, 0) is 4.74 Å². The van der Waals surface area contributed by atoms with Gasteiger partial charge in [-0.15, -0.1) is 0 Å². The zero-order chi connectivity index (χ0) is 23.7. The van der Waals surface area contributed by atoms with Gasteiger partial charge in [0.25, 0.3) is 5.91 Å². The van der Waals surface area contributed by atoms with Crippen molar-refractivity contribution in [2.24, 2.45) is 0 Å². The van der Waals surface area contributed by atoms with Crippen molar-refractivity contribution in [3.05, 3.63) is 95.1 Å². The van der Waals surface area contributed by atoms with E-state index in [0.29, 0.717) is 25.3 Å². The second kappa shape index (κ2) is 9.21. The third-order valence-corrected chi connectivity index (χ3v) is 6.71. The summed E-state index contributed by atoms with van der Waals surface area (Å²) in [4.78, 5) is 31.5. The number of hydrogen-bond acceptors (Lipinski definition) is 4. The Morgan fingerprint density at radius 3 is 2.26 bits per heavy atom. The lowest BCUT2D eigenvalue weighted by atomic mass is 10.1. The highest BCUT2D eigenvalue weighted by Gasteiger charge is 2.35. The van der Waals surface area contributed by atoms with Crippen molar-refractivity contribution in [2.75, 3.05) is 42.6 Å². The Labute approximate surface area is 200 Å². The van der Waals surface area contributed by atoms with Crippen molar-refractivity contribution >= 4 is 23.4 Å². The van der Waals surface area contributed by atoms with Gasteiger partial charge in [-0.2, -0.15) is 0 Å². The van der Waals surface area contributed by atoms with E-state index in [9.17, 15) is 9.59 Å². The summed E-state index contributed by atoms with van der Waals surface area (Å²) < 4.78 is 5.33. The summed E-state index contributed by atoms with van der Waals surface area (Å²) in [5.41, 5.74) is 6.16.